The zero-order valence-corrected chi connectivity index (χ0v) is 89.0. The third kappa shape index (κ3) is 36.1. The van der Waals surface area contributed by atoms with Crippen LogP contribution in [0.2, 0.25) is 0 Å². The van der Waals surface area contributed by atoms with E-state index in [9.17, 15) is 0 Å². The van der Waals surface area contributed by atoms with Crippen molar-refractivity contribution in [1.82, 2.24) is 0 Å². The van der Waals surface area contributed by atoms with E-state index in [-0.39, 0.29) is 0 Å². The molecule has 0 heteroatoms. The lowest BCUT2D eigenvalue weighted by molar-refractivity contribution is -0.0126. The molecule has 0 aromatic rings. The fraction of sp³-hybridized carbons (Fsp3) is 1.00. The second-order valence-electron chi connectivity index (χ2n) is 61.3. The number of rotatable bonds is 9. The average molecular weight is 1690 g/mol. The molecule has 0 radical (unpaired) electrons. The van der Waals surface area contributed by atoms with Crippen LogP contribution in [0.25, 0.3) is 0 Å². The highest BCUT2D eigenvalue weighted by Crippen LogP contribution is 2.61. The molecule has 20 aliphatic rings. The van der Waals surface area contributed by atoms with Crippen molar-refractivity contribution in [3.8, 4) is 0 Å². The van der Waals surface area contributed by atoms with Gasteiger partial charge in [0.05, 0.1) is 0 Å². The Hall–Kier alpha value is 0. The van der Waals surface area contributed by atoms with Gasteiger partial charge in [-0.05, 0) is 446 Å². The Labute approximate surface area is 769 Å². The molecule has 714 valence electrons. The summed E-state index contributed by atoms with van der Waals surface area (Å²) in [5.41, 5.74) is 8.28. The minimum Gasteiger partial charge on any atom is -0.0602 e. The lowest BCUT2D eigenvalue weighted by atomic mass is 9.54. The van der Waals surface area contributed by atoms with Gasteiger partial charge in [0.15, 0.2) is 0 Å². The molecule has 20 aliphatic carbocycles. The molecule has 0 heterocycles. The van der Waals surface area contributed by atoms with E-state index in [4.69, 9.17) is 0 Å². The highest BCUT2D eigenvalue weighted by Gasteiger charge is 2.49. The van der Waals surface area contributed by atoms with Crippen molar-refractivity contribution < 1.29 is 0 Å². The van der Waals surface area contributed by atoms with E-state index >= 15 is 0 Å². The normalized spacial score (nSPS) is 35.2. The van der Waals surface area contributed by atoms with Crippen LogP contribution in [0.15, 0.2) is 0 Å². The van der Waals surface area contributed by atoms with Crippen LogP contribution in [0.1, 0.15) is 591 Å². The second kappa shape index (κ2) is 44.4. The molecule has 0 aromatic carbocycles. The Morgan fingerprint density at radius 1 is 0.164 bits per heavy atom. The summed E-state index contributed by atoms with van der Waals surface area (Å²) in [5, 5.41) is 0. The number of hydrogen-bond acceptors (Lipinski definition) is 0. The quantitative estimate of drug-likeness (QED) is 0.216. The first kappa shape index (κ1) is 104. The average Bonchev–Trinajstić information content (AvgIpc) is 1.56. The van der Waals surface area contributed by atoms with Crippen LogP contribution < -0.4 is 0 Å². The lowest BCUT2D eigenvalue weighted by Crippen LogP contribution is -2.42. The van der Waals surface area contributed by atoms with Gasteiger partial charge < -0.3 is 0 Å². The van der Waals surface area contributed by atoms with E-state index in [1.165, 1.54) is 193 Å². The van der Waals surface area contributed by atoms with Crippen molar-refractivity contribution in [2.75, 3.05) is 0 Å². The van der Waals surface area contributed by atoms with Crippen molar-refractivity contribution >= 4 is 0 Å². The third-order valence-electron chi connectivity index (χ3n) is 38.0. The summed E-state index contributed by atoms with van der Waals surface area (Å²) in [6, 6.07) is 0. The summed E-state index contributed by atoms with van der Waals surface area (Å²) in [6.45, 7) is 64.7. The van der Waals surface area contributed by atoms with Crippen LogP contribution >= 0.6 is 0 Å². The van der Waals surface area contributed by atoms with E-state index in [1.54, 1.807) is 212 Å². The van der Waals surface area contributed by atoms with Crippen LogP contribution in [0.4, 0.5) is 0 Å². The fourth-order valence-corrected chi connectivity index (χ4v) is 33.8. The summed E-state index contributed by atoms with van der Waals surface area (Å²) >= 11 is 0. The van der Waals surface area contributed by atoms with E-state index in [0.29, 0.717) is 48.7 Å². The molecule has 0 aromatic heterocycles. The molecule has 0 saturated heterocycles. The summed E-state index contributed by atoms with van der Waals surface area (Å²) in [5.74, 6) is 20.8. The highest BCUT2D eigenvalue weighted by atomic mass is 14.5. The molecule has 122 heavy (non-hydrogen) atoms. The van der Waals surface area contributed by atoms with Crippen molar-refractivity contribution in [3.05, 3.63) is 0 Å². The van der Waals surface area contributed by atoms with Crippen molar-refractivity contribution in [2.45, 2.75) is 591 Å². The minimum atomic E-state index is 0.543. The summed E-state index contributed by atoms with van der Waals surface area (Å²) in [6.07, 6.45) is 96.3. The van der Waals surface area contributed by atoms with Crippen LogP contribution in [0.5, 0.6) is 0 Å². The molecule has 0 aliphatic heterocycles. The molecule has 0 nitrogen and oxygen atoms in total. The Morgan fingerprint density at radius 3 is 0.811 bits per heavy atom. The fourth-order valence-electron chi connectivity index (χ4n) is 33.8. The second-order valence-corrected chi connectivity index (χ2v) is 61.3. The highest BCUT2D eigenvalue weighted by molar-refractivity contribution is 5.00. The van der Waals surface area contributed by atoms with E-state index < -0.39 is 0 Å². The van der Waals surface area contributed by atoms with Gasteiger partial charge >= 0.3 is 0 Å². The van der Waals surface area contributed by atoms with Crippen LogP contribution in [-0.4, -0.2) is 0 Å². The topological polar surface area (TPSA) is 0 Å². The number of hydrogen-bond donors (Lipinski definition) is 0. The molecule has 13 unspecified atom stereocenters. The van der Waals surface area contributed by atoms with Crippen molar-refractivity contribution in [2.24, 2.45) is 183 Å². The molecule has 0 N–H and O–H groups in total. The van der Waals surface area contributed by atoms with Gasteiger partial charge in [-0.1, -0.05) is 328 Å². The molecule has 20 rings (SSSR count). The van der Waals surface area contributed by atoms with Gasteiger partial charge in [-0.15, -0.1) is 0 Å². The Morgan fingerprint density at radius 2 is 0.443 bits per heavy atom. The van der Waals surface area contributed by atoms with E-state index in [2.05, 4.69) is 187 Å². The Balaban J connectivity index is 0.000000144. The maximum Gasteiger partial charge on any atom is -0.0295 e. The zero-order valence-electron chi connectivity index (χ0n) is 89.0. The van der Waals surface area contributed by atoms with Gasteiger partial charge in [0.25, 0.3) is 0 Å². The first-order chi connectivity index (χ1) is 56.7. The molecular weight excluding hydrogens is 1470 g/mol. The minimum absolute atomic E-state index is 0.543. The van der Waals surface area contributed by atoms with Gasteiger partial charge in [-0.3, -0.25) is 0 Å². The standard InChI is InChI=1S/3C15H28.C14H26.3C13H24.2C12H22/c1-14(2,3)12-13-6-10-15(11-7-13)8-4-5-9-15;1-14(2,3)11-13-7-6-10-15(12-13)8-4-5-9-15;1-14(2,3)11-13-7-10-15(12-13)8-5-4-6-9-15;1-13(2,3)10-12-6-9-14(11-12)7-4-5-8-14;1-13(2,3)9-12-8-10-4-6-11(12)7-5-10;1-13(2,3)9-12-7-10-4-5-11(6-10)8-12;1-13(2,3)9-12-10-5-4-6-11(12)8-7-10;1-12(2,3)8-11-7-9-4-5-10(11)6-9;1-12(2,3)8-11-9-5-4-6-10(11)7-9/h3*13H,4-12H2,1-3H3;12H,4-11H2,1-3H3;3*10-12H,4-9H2,1-3H3;2*9-11H,4-8H2,1-3H3. The van der Waals surface area contributed by atoms with Gasteiger partial charge in [-0.25, -0.2) is 0 Å². The Bertz CT molecular complexity index is 2820. The van der Waals surface area contributed by atoms with Crippen LogP contribution in [0.3, 0.4) is 0 Å². The summed E-state index contributed by atoms with van der Waals surface area (Å²) in [4.78, 5) is 0. The van der Waals surface area contributed by atoms with Crippen LogP contribution in [0, 0.1) is 183 Å². The smallest absolute Gasteiger partial charge is 0.0295 e. The predicted molar refractivity (Wildman–Crippen MR) is 542 cm³/mol. The van der Waals surface area contributed by atoms with Crippen LogP contribution in [-0.2, 0) is 0 Å². The zero-order chi connectivity index (χ0) is 89.0. The molecule has 10 bridgehead atoms. The summed E-state index contributed by atoms with van der Waals surface area (Å²) < 4.78 is 0. The van der Waals surface area contributed by atoms with E-state index in [0.717, 1.165) is 134 Å². The van der Waals surface area contributed by atoms with Gasteiger partial charge in [-0.2, -0.15) is 0 Å². The van der Waals surface area contributed by atoms with E-state index in [1.807, 2.05) is 0 Å². The Kier molecular flexibility index (Phi) is 37.9. The first-order valence-electron chi connectivity index (χ1n) is 56.7. The van der Waals surface area contributed by atoms with Crippen molar-refractivity contribution in [1.29, 1.82) is 0 Å². The van der Waals surface area contributed by atoms with Gasteiger partial charge in [0.2, 0.25) is 0 Å². The predicted octanol–water partition coefficient (Wildman–Crippen LogP) is 40.8. The van der Waals surface area contributed by atoms with Gasteiger partial charge in [0.1, 0.15) is 0 Å². The molecule has 13 atom stereocenters. The third-order valence-corrected chi connectivity index (χ3v) is 38.0. The number of fused-ring (bicyclic) bond motifs is 11. The maximum atomic E-state index is 2.41. The molecule has 20 fully saturated rings. The van der Waals surface area contributed by atoms with Crippen molar-refractivity contribution in [3.63, 3.8) is 0 Å². The molecular formula is C122H226. The lowest BCUT2D eigenvalue weighted by Gasteiger charge is -2.51. The molecule has 0 amide bonds. The molecule has 20 saturated carbocycles. The largest absolute Gasteiger partial charge is 0.0602 e. The monoisotopic (exact) mass is 1690 g/mol. The maximum absolute atomic E-state index is 2.41. The van der Waals surface area contributed by atoms with Gasteiger partial charge in [0, 0.05) is 0 Å². The molecule has 4 spiro atoms. The first-order valence-corrected chi connectivity index (χ1v) is 56.7. The summed E-state index contributed by atoms with van der Waals surface area (Å²) in [7, 11) is 0. The SMILES string of the molecule is CC(C)(C)CC1C2CCCC1C2.CC(C)(C)CC1C2CCCC1CC2.CC(C)(C)CC1CC2CCC(C2)C1.CC(C)(C)CC1CC2CCC1C2.CC(C)(C)CC1CC2CCC1CC2.CC(C)(C)CC1CCC2(CCCC2)C1.CC(C)(C)CC1CCC2(CCCC2)CC1.CC(C)(C)CC1CCC2(CCCCC2)C1.CC(C)(C)CC1CCCC2(CCCC2)C1.